The molecule has 0 heterocycles. The van der Waals surface area contributed by atoms with Gasteiger partial charge in [0.1, 0.15) is 5.75 Å². The number of halogens is 1. The minimum absolute atomic E-state index is 0.162. The lowest BCUT2D eigenvalue weighted by molar-refractivity contribution is 0.477. The van der Waals surface area contributed by atoms with E-state index in [1.807, 2.05) is 0 Å². The largest absolute Gasteiger partial charge is 0.506 e. The van der Waals surface area contributed by atoms with Crippen LogP contribution in [-0.4, -0.2) is 13.9 Å². The van der Waals surface area contributed by atoms with Gasteiger partial charge in [-0.2, -0.15) is 0 Å². The fraction of sp³-hybridized carbons (Fsp3) is 0. The first kappa shape index (κ1) is 9.31. The number of benzene rings is 1. The van der Waals surface area contributed by atoms with Gasteiger partial charge in [-0.05, 0) is 12.1 Å². The van der Waals surface area contributed by atoms with E-state index in [0.29, 0.717) is 5.02 Å². The van der Waals surface area contributed by atoms with E-state index in [2.05, 4.69) is 4.72 Å². The lowest BCUT2D eigenvalue weighted by Crippen LogP contribution is -2.01. The second kappa shape index (κ2) is 3.75. The molecule has 0 aliphatic carbocycles. The van der Waals surface area contributed by atoms with Crippen LogP contribution in [0, 0.1) is 0 Å². The molecule has 0 fully saturated rings. The summed E-state index contributed by atoms with van der Waals surface area (Å²) in [6.07, 6.45) is 0. The van der Waals surface area contributed by atoms with E-state index in [1.54, 1.807) is 0 Å². The van der Waals surface area contributed by atoms with E-state index in [4.69, 9.17) is 21.3 Å². The standard InChI is InChI=1S/C6H6ClNO3S/c7-4-1-2-5(6(9)3-4)8-12(10)11/h1-3,8-9H,(H,10,11). The monoisotopic (exact) mass is 207 g/mol. The van der Waals surface area contributed by atoms with Crippen LogP contribution in [0.4, 0.5) is 5.69 Å². The Bertz CT molecular complexity index is 318. The molecule has 0 aliphatic rings. The molecule has 0 aromatic heterocycles. The molecule has 0 bridgehead atoms. The predicted molar refractivity (Wildman–Crippen MR) is 47.5 cm³/mol. The van der Waals surface area contributed by atoms with Gasteiger partial charge in [-0.1, -0.05) is 11.6 Å². The molecule has 0 saturated heterocycles. The molecule has 0 radical (unpaired) electrons. The second-order valence-corrected chi connectivity index (χ2v) is 3.15. The average molecular weight is 208 g/mol. The van der Waals surface area contributed by atoms with E-state index in [1.165, 1.54) is 18.2 Å². The van der Waals surface area contributed by atoms with Gasteiger partial charge in [-0.15, -0.1) is 0 Å². The molecule has 1 unspecified atom stereocenters. The number of anilines is 1. The van der Waals surface area contributed by atoms with Crippen molar-refractivity contribution in [3.05, 3.63) is 23.2 Å². The van der Waals surface area contributed by atoms with Crippen LogP contribution in [0.25, 0.3) is 0 Å². The van der Waals surface area contributed by atoms with Crippen molar-refractivity contribution in [2.24, 2.45) is 0 Å². The Labute approximate surface area is 76.6 Å². The third kappa shape index (κ3) is 2.37. The zero-order valence-corrected chi connectivity index (χ0v) is 7.39. The van der Waals surface area contributed by atoms with Crippen LogP contribution in [-0.2, 0) is 11.3 Å². The van der Waals surface area contributed by atoms with Crippen molar-refractivity contribution in [1.29, 1.82) is 0 Å². The van der Waals surface area contributed by atoms with Crippen LogP contribution < -0.4 is 4.72 Å². The fourth-order valence-electron chi connectivity index (χ4n) is 0.685. The first-order valence-electron chi connectivity index (χ1n) is 2.95. The first-order chi connectivity index (χ1) is 5.59. The van der Waals surface area contributed by atoms with Gasteiger partial charge in [0.2, 0.25) is 0 Å². The van der Waals surface area contributed by atoms with Crippen LogP contribution in [0.5, 0.6) is 5.75 Å². The highest BCUT2D eigenvalue weighted by Gasteiger charge is 2.02. The summed E-state index contributed by atoms with van der Waals surface area (Å²) in [5.41, 5.74) is 0.167. The Balaban J connectivity index is 2.93. The normalized spacial score (nSPS) is 12.5. The van der Waals surface area contributed by atoms with E-state index in [9.17, 15) is 4.21 Å². The number of rotatable bonds is 2. The fourth-order valence-corrected chi connectivity index (χ4v) is 1.21. The van der Waals surface area contributed by atoms with E-state index in [-0.39, 0.29) is 11.4 Å². The molecule has 3 N–H and O–H groups in total. The molecule has 1 aromatic rings. The lowest BCUT2D eigenvalue weighted by atomic mass is 10.3. The molecule has 4 nitrogen and oxygen atoms in total. The van der Waals surface area contributed by atoms with Crippen molar-refractivity contribution in [1.82, 2.24) is 0 Å². The van der Waals surface area contributed by atoms with Gasteiger partial charge in [0.25, 0.3) is 11.3 Å². The minimum atomic E-state index is -2.19. The second-order valence-electron chi connectivity index (χ2n) is 2.01. The molecule has 0 aliphatic heterocycles. The summed E-state index contributed by atoms with van der Waals surface area (Å²) in [5, 5.41) is 9.51. The van der Waals surface area contributed by atoms with Gasteiger partial charge in [-0.25, -0.2) is 4.21 Å². The Morgan fingerprint density at radius 3 is 2.67 bits per heavy atom. The number of phenolic OH excluding ortho intramolecular Hbond substituents is 1. The van der Waals surface area contributed by atoms with E-state index >= 15 is 0 Å². The minimum Gasteiger partial charge on any atom is -0.506 e. The van der Waals surface area contributed by atoms with Gasteiger partial charge >= 0.3 is 0 Å². The molecule has 12 heavy (non-hydrogen) atoms. The van der Waals surface area contributed by atoms with Crippen molar-refractivity contribution >= 4 is 28.6 Å². The van der Waals surface area contributed by atoms with Crippen LogP contribution in [0.1, 0.15) is 0 Å². The van der Waals surface area contributed by atoms with Gasteiger partial charge in [-0.3, -0.25) is 9.27 Å². The Morgan fingerprint density at radius 1 is 1.50 bits per heavy atom. The highest BCUT2D eigenvalue weighted by atomic mass is 35.5. The summed E-state index contributed by atoms with van der Waals surface area (Å²) < 4.78 is 20.8. The summed E-state index contributed by atoms with van der Waals surface area (Å²) in [5.74, 6) is -0.162. The Morgan fingerprint density at radius 2 is 2.17 bits per heavy atom. The summed E-state index contributed by atoms with van der Waals surface area (Å²) in [4.78, 5) is 0. The van der Waals surface area contributed by atoms with Crippen molar-refractivity contribution in [2.45, 2.75) is 0 Å². The molecule has 0 spiro atoms. The molecule has 6 heteroatoms. The maximum atomic E-state index is 10.3. The van der Waals surface area contributed by atoms with Crippen LogP contribution in [0.2, 0.25) is 5.02 Å². The zero-order valence-electron chi connectivity index (χ0n) is 5.82. The van der Waals surface area contributed by atoms with Gasteiger partial charge in [0.15, 0.2) is 0 Å². The summed E-state index contributed by atoms with van der Waals surface area (Å²) in [7, 11) is 0. The average Bonchev–Trinajstić information content (AvgIpc) is 1.94. The van der Waals surface area contributed by atoms with E-state index in [0.717, 1.165) is 0 Å². The SMILES string of the molecule is O=S(O)Nc1ccc(Cl)cc1O. The molecule has 0 saturated carbocycles. The third-order valence-electron chi connectivity index (χ3n) is 1.16. The summed E-state index contributed by atoms with van der Waals surface area (Å²) in [6.45, 7) is 0. The molecule has 66 valence electrons. The van der Waals surface area contributed by atoms with Gasteiger partial charge in [0, 0.05) is 11.1 Å². The zero-order chi connectivity index (χ0) is 9.14. The number of phenols is 1. The number of hydrogen-bond acceptors (Lipinski definition) is 2. The Hall–Kier alpha value is -0.780. The number of aromatic hydroxyl groups is 1. The van der Waals surface area contributed by atoms with Crippen LogP contribution in [0.15, 0.2) is 18.2 Å². The first-order valence-corrected chi connectivity index (χ1v) is 4.44. The molecule has 1 rings (SSSR count). The quantitative estimate of drug-likeness (QED) is 0.510. The molecule has 1 aromatic carbocycles. The maximum absolute atomic E-state index is 10.3. The van der Waals surface area contributed by atoms with Gasteiger partial charge in [0.05, 0.1) is 5.69 Å². The topological polar surface area (TPSA) is 69.6 Å². The summed E-state index contributed by atoms with van der Waals surface area (Å²) >= 11 is 3.34. The van der Waals surface area contributed by atoms with Crippen LogP contribution >= 0.6 is 11.6 Å². The third-order valence-corrected chi connectivity index (χ3v) is 1.79. The van der Waals surface area contributed by atoms with Gasteiger partial charge < -0.3 is 5.11 Å². The number of hydrogen-bond donors (Lipinski definition) is 3. The van der Waals surface area contributed by atoms with Crippen LogP contribution in [0.3, 0.4) is 0 Å². The van der Waals surface area contributed by atoms with Crippen molar-refractivity contribution in [3.8, 4) is 5.75 Å². The molecule has 1 atom stereocenters. The van der Waals surface area contributed by atoms with Crippen molar-refractivity contribution in [2.75, 3.05) is 4.72 Å². The maximum Gasteiger partial charge on any atom is 0.259 e. The molecule has 0 amide bonds. The highest BCUT2D eigenvalue weighted by Crippen LogP contribution is 2.26. The molecular weight excluding hydrogens is 202 g/mol. The van der Waals surface area contributed by atoms with Crippen molar-refractivity contribution < 1.29 is 13.9 Å². The predicted octanol–water partition coefficient (Wildman–Crippen LogP) is 1.59. The Kier molecular flexibility index (Phi) is 2.91. The van der Waals surface area contributed by atoms with Crippen molar-refractivity contribution in [3.63, 3.8) is 0 Å². The molecular formula is C6H6ClNO3S. The van der Waals surface area contributed by atoms with E-state index < -0.39 is 11.3 Å². The smallest absolute Gasteiger partial charge is 0.259 e. The lowest BCUT2D eigenvalue weighted by Gasteiger charge is -2.03. The number of nitrogens with one attached hydrogen (secondary N) is 1. The summed E-state index contributed by atoms with van der Waals surface area (Å²) in [6, 6.07) is 4.18. The highest BCUT2D eigenvalue weighted by molar-refractivity contribution is 7.80.